The first-order valence-corrected chi connectivity index (χ1v) is 5.44. The minimum absolute atomic E-state index is 0.0505. The molecule has 0 bridgehead atoms. The molecule has 0 fully saturated rings. The Labute approximate surface area is 108 Å². The van der Waals surface area contributed by atoms with Gasteiger partial charge in [-0.15, -0.1) is 0 Å². The second-order valence-corrected chi connectivity index (χ2v) is 3.75. The summed E-state index contributed by atoms with van der Waals surface area (Å²) >= 11 is 0. The molecule has 4 nitrogen and oxygen atoms in total. The lowest BCUT2D eigenvalue weighted by Gasteiger charge is -2.04. The number of carbonyl (C=O) groups is 1. The number of ether oxygens (including phenoxy) is 1. The van der Waals surface area contributed by atoms with Crippen molar-refractivity contribution in [1.29, 1.82) is 0 Å². The molecule has 0 saturated heterocycles. The molecular weight excluding hydrogens is 254 g/mol. The van der Waals surface area contributed by atoms with Gasteiger partial charge in [-0.25, -0.2) is 18.7 Å². The monoisotopic (exact) mass is 264 g/mol. The fourth-order valence-electron chi connectivity index (χ4n) is 1.56. The predicted octanol–water partition coefficient (Wildman–Crippen LogP) is 2.19. The van der Waals surface area contributed by atoms with Crippen molar-refractivity contribution >= 4 is 5.78 Å². The van der Waals surface area contributed by atoms with Crippen LogP contribution in [0.4, 0.5) is 8.78 Å². The van der Waals surface area contributed by atoms with Crippen LogP contribution in [0.5, 0.6) is 5.88 Å². The predicted molar refractivity (Wildman–Crippen MR) is 63.0 cm³/mol. The molecule has 0 aliphatic carbocycles. The molecule has 0 spiro atoms. The van der Waals surface area contributed by atoms with E-state index in [4.69, 9.17) is 4.74 Å². The van der Waals surface area contributed by atoms with E-state index < -0.39 is 23.8 Å². The van der Waals surface area contributed by atoms with Crippen molar-refractivity contribution in [2.24, 2.45) is 0 Å². The number of carbonyl (C=O) groups excluding carboxylic acids is 1. The number of hydrogen-bond donors (Lipinski definition) is 0. The van der Waals surface area contributed by atoms with Crippen LogP contribution in [0.2, 0.25) is 0 Å². The number of rotatable bonds is 4. The molecule has 0 atom stereocenters. The van der Waals surface area contributed by atoms with Crippen LogP contribution in [0.3, 0.4) is 0 Å². The number of hydrogen-bond acceptors (Lipinski definition) is 4. The van der Waals surface area contributed by atoms with Gasteiger partial charge in [-0.1, -0.05) is 6.07 Å². The van der Waals surface area contributed by atoms with E-state index in [1.165, 1.54) is 19.2 Å². The SMILES string of the molecule is COc1cc(C(=O)Cc2c(F)cccc2F)ncn1. The Bertz CT molecular complexity index is 597. The van der Waals surface area contributed by atoms with Gasteiger partial charge in [-0.05, 0) is 12.1 Å². The van der Waals surface area contributed by atoms with Crippen LogP contribution in [0.15, 0.2) is 30.6 Å². The lowest BCUT2D eigenvalue weighted by Crippen LogP contribution is -2.09. The van der Waals surface area contributed by atoms with E-state index in [0.717, 1.165) is 18.5 Å². The van der Waals surface area contributed by atoms with Crippen molar-refractivity contribution in [2.45, 2.75) is 6.42 Å². The van der Waals surface area contributed by atoms with Crippen LogP contribution in [0.25, 0.3) is 0 Å². The summed E-state index contributed by atoms with van der Waals surface area (Å²) in [7, 11) is 1.40. The van der Waals surface area contributed by atoms with Crippen molar-refractivity contribution in [2.75, 3.05) is 7.11 Å². The van der Waals surface area contributed by atoms with Gasteiger partial charge in [0.25, 0.3) is 0 Å². The molecule has 0 amide bonds. The average molecular weight is 264 g/mol. The lowest BCUT2D eigenvalue weighted by molar-refractivity contribution is 0.0985. The van der Waals surface area contributed by atoms with Gasteiger partial charge in [0.2, 0.25) is 5.88 Å². The molecule has 0 saturated carbocycles. The van der Waals surface area contributed by atoms with E-state index in [1.54, 1.807) is 0 Å². The Morgan fingerprint density at radius 3 is 2.58 bits per heavy atom. The van der Waals surface area contributed by atoms with Crippen molar-refractivity contribution in [3.63, 3.8) is 0 Å². The van der Waals surface area contributed by atoms with Crippen LogP contribution in [-0.4, -0.2) is 22.9 Å². The number of halogens is 2. The normalized spacial score (nSPS) is 10.3. The van der Waals surface area contributed by atoms with E-state index in [0.29, 0.717) is 0 Å². The molecule has 0 N–H and O–H groups in total. The van der Waals surface area contributed by atoms with Gasteiger partial charge >= 0.3 is 0 Å². The molecular formula is C13H10F2N2O2. The fourth-order valence-corrected chi connectivity index (χ4v) is 1.56. The molecule has 2 rings (SSSR count). The third-order valence-corrected chi connectivity index (χ3v) is 2.54. The van der Waals surface area contributed by atoms with Crippen LogP contribution < -0.4 is 4.74 Å². The molecule has 98 valence electrons. The molecule has 19 heavy (non-hydrogen) atoms. The van der Waals surface area contributed by atoms with E-state index in [1.807, 2.05) is 0 Å². The fraction of sp³-hybridized carbons (Fsp3) is 0.154. The smallest absolute Gasteiger partial charge is 0.216 e. The average Bonchev–Trinajstić information content (AvgIpc) is 2.43. The van der Waals surface area contributed by atoms with E-state index in [-0.39, 0.29) is 17.1 Å². The first kappa shape index (κ1) is 13.1. The van der Waals surface area contributed by atoms with Gasteiger partial charge < -0.3 is 4.74 Å². The Hall–Kier alpha value is -2.37. The summed E-state index contributed by atoms with van der Waals surface area (Å²) in [5.74, 6) is -1.80. The maximum atomic E-state index is 13.4. The number of Topliss-reactive ketones (excluding diaryl/α,β-unsaturated/α-hetero) is 1. The molecule has 1 aromatic heterocycles. The molecule has 2 aromatic rings. The highest BCUT2D eigenvalue weighted by atomic mass is 19.1. The quantitative estimate of drug-likeness (QED) is 0.794. The highest BCUT2D eigenvalue weighted by Gasteiger charge is 2.16. The van der Waals surface area contributed by atoms with Gasteiger partial charge in [0.15, 0.2) is 5.78 Å². The van der Waals surface area contributed by atoms with Crippen LogP contribution in [0, 0.1) is 11.6 Å². The number of benzene rings is 1. The Morgan fingerprint density at radius 2 is 1.95 bits per heavy atom. The molecule has 0 aliphatic heterocycles. The highest BCUT2D eigenvalue weighted by Crippen LogP contribution is 2.15. The van der Waals surface area contributed by atoms with E-state index >= 15 is 0 Å². The first-order chi connectivity index (χ1) is 9.11. The summed E-state index contributed by atoms with van der Waals surface area (Å²) in [5.41, 5.74) is -0.223. The van der Waals surface area contributed by atoms with Gasteiger partial charge in [0.1, 0.15) is 23.7 Å². The Morgan fingerprint density at radius 1 is 1.26 bits per heavy atom. The van der Waals surface area contributed by atoms with Gasteiger partial charge in [-0.3, -0.25) is 4.79 Å². The minimum atomic E-state index is -0.755. The van der Waals surface area contributed by atoms with Gasteiger partial charge in [0, 0.05) is 18.1 Å². The second kappa shape index (κ2) is 5.51. The number of aromatic nitrogens is 2. The van der Waals surface area contributed by atoms with E-state index in [9.17, 15) is 13.6 Å². The number of ketones is 1. The van der Waals surface area contributed by atoms with Crippen LogP contribution >= 0.6 is 0 Å². The molecule has 0 unspecified atom stereocenters. The maximum Gasteiger partial charge on any atom is 0.216 e. The number of methoxy groups -OCH3 is 1. The van der Waals surface area contributed by atoms with Crippen molar-refractivity contribution in [1.82, 2.24) is 9.97 Å². The topological polar surface area (TPSA) is 52.1 Å². The van der Waals surface area contributed by atoms with Crippen LogP contribution in [-0.2, 0) is 6.42 Å². The minimum Gasteiger partial charge on any atom is -0.481 e. The van der Waals surface area contributed by atoms with Crippen molar-refractivity contribution in [3.8, 4) is 5.88 Å². The number of nitrogens with zero attached hydrogens (tertiary/aromatic N) is 2. The third kappa shape index (κ3) is 2.90. The third-order valence-electron chi connectivity index (χ3n) is 2.54. The first-order valence-electron chi connectivity index (χ1n) is 5.44. The molecule has 6 heteroatoms. The maximum absolute atomic E-state index is 13.4. The largest absolute Gasteiger partial charge is 0.481 e. The second-order valence-electron chi connectivity index (χ2n) is 3.75. The lowest BCUT2D eigenvalue weighted by atomic mass is 10.1. The summed E-state index contributed by atoms with van der Waals surface area (Å²) in [6, 6.07) is 4.77. The van der Waals surface area contributed by atoms with Crippen molar-refractivity contribution < 1.29 is 18.3 Å². The summed E-state index contributed by atoms with van der Waals surface area (Å²) < 4.78 is 31.7. The zero-order chi connectivity index (χ0) is 13.8. The van der Waals surface area contributed by atoms with Crippen molar-refractivity contribution in [3.05, 3.63) is 53.5 Å². The van der Waals surface area contributed by atoms with E-state index in [2.05, 4.69) is 9.97 Å². The summed E-state index contributed by atoms with van der Waals surface area (Å²) in [5, 5.41) is 0. The summed E-state index contributed by atoms with van der Waals surface area (Å²) in [4.78, 5) is 19.4. The zero-order valence-electron chi connectivity index (χ0n) is 10.1. The molecule has 0 aliphatic rings. The zero-order valence-corrected chi connectivity index (χ0v) is 10.1. The highest BCUT2D eigenvalue weighted by molar-refractivity contribution is 5.95. The molecule has 0 radical (unpaired) electrons. The Balaban J connectivity index is 2.25. The Kier molecular flexibility index (Phi) is 3.79. The summed E-state index contributed by atoms with van der Waals surface area (Å²) in [6.45, 7) is 0. The molecule has 1 aromatic carbocycles. The standard InChI is InChI=1S/C13H10F2N2O2/c1-19-13-6-11(16-7-17-13)12(18)5-8-9(14)3-2-4-10(8)15/h2-4,6-7H,5H2,1H3. The van der Waals surface area contributed by atoms with Crippen LogP contribution in [0.1, 0.15) is 16.1 Å². The van der Waals surface area contributed by atoms with Gasteiger partial charge in [0.05, 0.1) is 7.11 Å². The molecule has 1 heterocycles. The van der Waals surface area contributed by atoms with Gasteiger partial charge in [-0.2, -0.15) is 0 Å². The summed E-state index contributed by atoms with van der Waals surface area (Å²) in [6.07, 6.45) is 0.752.